The minimum absolute atomic E-state index is 0.121. The van der Waals surface area contributed by atoms with E-state index in [1.807, 2.05) is 6.07 Å². The van der Waals surface area contributed by atoms with Crippen LogP contribution in [0.4, 0.5) is 4.39 Å². The van der Waals surface area contributed by atoms with Gasteiger partial charge in [0.25, 0.3) is 0 Å². The van der Waals surface area contributed by atoms with Gasteiger partial charge in [0.2, 0.25) is 0 Å². The van der Waals surface area contributed by atoms with Crippen LogP contribution in [0.3, 0.4) is 0 Å². The second-order valence-electron chi connectivity index (χ2n) is 3.65. The van der Waals surface area contributed by atoms with Gasteiger partial charge in [-0.15, -0.1) is 0 Å². The zero-order chi connectivity index (χ0) is 12.4. The molecule has 0 atom stereocenters. The largest absolute Gasteiger partial charge is 0.307 e. The molecule has 0 bridgehead atoms. The quantitative estimate of drug-likeness (QED) is 0.818. The summed E-state index contributed by atoms with van der Waals surface area (Å²) in [7, 11) is 0. The van der Waals surface area contributed by atoms with Gasteiger partial charge >= 0.3 is 4.87 Å². The average molecular weight is 248 g/mol. The van der Waals surface area contributed by atoms with Crippen molar-refractivity contribution in [1.82, 2.24) is 4.57 Å². The summed E-state index contributed by atoms with van der Waals surface area (Å²) in [5, 5.41) is 10.5. The van der Waals surface area contributed by atoms with Crippen LogP contribution in [0.2, 0.25) is 0 Å². The zero-order valence-corrected chi connectivity index (χ0v) is 9.92. The fraction of sp³-hybridized carbons (Fsp3) is 0.167. The lowest BCUT2D eigenvalue weighted by Crippen LogP contribution is -2.16. The van der Waals surface area contributed by atoms with Gasteiger partial charge in [-0.25, -0.2) is 4.39 Å². The third kappa shape index (κ3) is 2.27. The number of rotatable bonds is 2. The molecule has 0 amide bonds. The molecule has 0 fully saturated rings. The van der Waals surface area contributed by atoms with Gasteiger partial charge in [0.15, 0.2) is 0 Å². The Balaban J connectivity index is 2.43. The third-order valence-corrected chi connectivity index (χ3v) is 3.36. The highest BCUT2D eigenvalue weighted by molar-refractivity contribution is 7.07. The number of nitrogens with zero attached hydrogens (tertiary/aromatic N) is 2. The van der Waals surface area contributed by atoms with Crippen LogP contribution in [0, 0.1) is 24.1 Å². The molecule has 86 valence electrons. The van der Waals surface area contributed by atoms with Crippen molar-refractivity contribution in [3.8, 4) is 6.07 Å². The number of halogens is 1. The van der Waals surface area contributed by atoms with E-state index in [9.17, 15) is 9.18 Å². The molecule has 0 N–H and O–H groups in total. The van der Waals surface area contributed by atoms with E-state index in [4.69, 9.17) is 5.26 Å². The fourth-order valence-corrected chi connectivity index (χ4v) is 2.27. The minimum atomic E-state index is -0.401. The Kier molecular flexibility index (Phi) is 3.07. The summed E-state index contributed by atoms with van der Waals surface area (Å²) < 4.78 is 15.0. The summed E-state index contributed by atoms with van der Waals surface area (Å²) in [5.74, 6) is -0.401. The van der Waals surface area contributed by atoms with Gasteiger partial charge in [-0.05, 0) is 25.1 Å². The maximum Gasteiger partial charge on any atom is 0.307 e. The molecule has 0 aliphatic carbocycles. The van der Waals surface area contributed by atoms with Crippen molar-refractivity contribution in [2.24, 2.45) is 0 Å². The SMILES string of the molecule is Cc1csc(=O)n1Cc1cc(C#N)ccc1F. The maximum absolute atomic E-state index is 13.5. The second kappa shape index (κ2) is 4.52. The lowest BCUT2D eigenvalue weighted by Gasteiger charge is -2.06. The third-order valence-electron chi connectivity index (χ3n) is 2.48. The van der Waals surface area contributed by atoms with Crippen molar-refractivity contribution in [1.29, 1.82) is 5.26 Å². The molecule has 0 saturated carbocycles. The summed E-state index contributed by atoms with van der Waals surface area (Å²) in [6, 6.07) is 6.09. The van der Waals surface area contributed by atoms with Gasteiger partial charge in [0, 0.05) is 16.6 Å². The van der Waals surface area contributed by atoms with Crippen LogP contribution in [0.5, 0.6) is 0 Å². The highest BCUT2D eigenvalue weighted by atomic mass is 32.1. The Morgan fingerprint density at radius 3 is 2.88 bits per heavy atom. The summed E-state index contributed by atoms with van der Waals surface area (Å²) >= 11 is 1.09. The van der Waals surface area contributed by atoms with Crippen LogP contribution >= 0.6 is 11.3 Å². The molecule has 0 aliphatic heterocycles. The fourth-order valence-electron chi connectivity index (χ4n) is 1.53. The lowest BCUT2D eigenvalue weighted by molar-refractivity contribution is 0.595. The van der Waals surface area contributed by atoms with Crippen molar-refractivity contribution in [3.63, 3.8) is 0 Å². The van der Waals surface area contributed by atoms with Crippen molar-refractivity contribution >= 4 is 11.3 Å². The molecule has 0 spiro atoms. The molecular weight excluding hydrogens is 239 g/mol. The molecule has 0 radical (unpaired) electrons. The molecule has 0 aliphatic rings. The predicted molar refractivity (Wildman–Crippen MR) is 63.5 cm³/mol. The van der Waals surface area contributed by atoms with Crippen molar-refractivity contribution in [2.45, 2.75) is 13.5 Å². The Morgan fingerprint density at radius 1 is 1.53 bits per heavy atom. The Bertz CT molecular complexity index is 651. The van der Waals surface area contributed by atoms with E-state index in [2.05, 4.69) is 0 Å². The molecule has 17 heavy (non-hydrogen) atoms. The van der Waals surface area contributed by atoms with Crippen LogP contribution in [-0.2, 0) is 6.54 Å². The smallest absolute Gasteiger partial charge is 0.299 e. The van der Waals surface area contributed by atoms with Gasteiger partial charge in [-0.3, -0.25) is 9.36 Å². The Morgan fingerprint density at radius 2 is 2.29 bits per heavy atom. The molecule has 1 aromatic heterocycles. The predicted octanol–water partition coefficient (Wildman–Crippen LogP) is 2.28. The van der Waals surface area contributed by atoms with Crippen molar-refractivity contribution in [3.05, 3.63) is 55.9 Å². The van der Waals surface area contributed by atoms with Gasteiger partial charge < -0.3 is 0 Å². The zero-order valence-electron chi connectivity index (χ0n) is 9.11. The summed E-state index contributed by atoms with van der Waals surface area (Å²) in [6.07, 6.45) is 0. The first-order valence-electron chi connectivity index (χ1n) is 4.95. The van der Waals surface area contributed by atoms with Gasteiger partial charge in [0.05, 0.1) is 18.2 Å². The molecular formula is C12H9FN2OS. The molecule has 0 saturated heterocycles. The van der Waals surface area contributed by atoms with Crippen LogP contribution in [0.25, 0.3) is 0 Å². The number of benzene rings is 1. The number of nitriles is 1. The van der Waals surface area contributed by atoms with E-state index < -0.39 is 5.82 Å². The van der Waals surface area contributed by atoms with E-state index in [1.54, 1.807) is 12.3 Å². The molecule has 2 rings (SSSR count). The number of aromatic nitrogens is 1. The van der Waals surface area contributed by atoms with Gasteiger partial charge in [-0.2, -0.15) is 5.26 Å². The topological polar surface area (TPSA) is 45.8 Å². The molecule has 5 heteroatoms. The Labute approximate surface area is 101 Å². The van der Waals surface area contributed by atoms with Crippen LogP contribution in [-0.4, -0.2) is 4.57 Å². The minimum Gasteiger partial charge on any atom is -0.299 e. The van der Waals surface area contributed by atoms with E-state index in [-0.39, 0.29) is 11.4 Å². The normalized spacial score (nSPS) is 10.2. The van der Waals surface area contributed by atoms with Gasteiger partial charge in [-0.1, -0.05) is 11.3 Å². The van der Waals surface area contributed by atoms with Crippen LogP contribution in [0.15, 0.2) is 28.4 Å². The van der Waals surface area contributed by atoms with E-state index in [0.717, 1.165) is 17.0 Å². The van der Waals surface area contributed by atoms with Crippen LogP contribution in [0.1, 0.15) is 16.8 Å². The lowest BCUT2D eigenvalue weighted by atomic mass is 10.1. The molecule has 1 aromatic carbocycles. The number of aryl methyl sites for hydroxylation is 1. The van der Waals surface area contributed by atoms with Crippen molar-refractivity contribution < 1.29 is 4.39 Å². The molecule has 0 unspecified atom stereocenters. The summed E-state index contributed by atoms with van der Waals surface area (Å²) in [5.41, 5.74) is 1.54. The summed E-state index contributed by atoms with van der Waals surface area (Å²) in [4.78, 5) is 11.4. The van der Waals surface area contributed by atoms with Gasteiger partial charge in [0.1, 0.15) is 5.82 Å². The van der Waals surface area contributed by atoms with Crippen molar-refractivity contribution in [2.75, 3.05) is 0 Å². The van der Waals surface area contributed by atoms with E-state index in [1.165, 1.54) is 22.8 Å². The number of hydrogen-bond acceptors (Lipinski definition) is 3. The van der Waals surface area contributed by atoms with E-state index in [0.29, 0.717) is 11.1 Å². The average Bonchev–Trinajstić information content (AvgIpc) is 2.63. The first kappa shape index (κ1) is 11.6. The standard InChI is InChI=1S/C12H9FN2OS/c1-8-7-17-12(16)15(8)6-10-4-9(5-14)2-3-11(10)13/h2-4,7H,6H2,1H3. The molecule has 1 heterocycles. The Hall–Kier alpha value is -1.93. The monoisotopic (exact) mass is 248 g/mol. The summed E-state index contributed by atoms with van der Waals surface area (Å²) in [6.45, 7) is 1.96. The highest BCUT2D eigenvalue weighted by Crippen LogP contribution is 2.12. The molecule has 3 nitrogen and oxygen atoms in total. The first-order valence-corrected chi connectivity index (χ1v) is 5.83. The molecule has 2 aromatic rings. The highest BCUT2D eigenvalue weighted by Gasteiger charge is 2.08. The maximum atomic E-state index is 13.5. The second-order valence-corrected chi connectivity index (χ2v) is 4.47. The van der Waals surface area contributed by atoms with E-state index >= 15 is 0 Å². The first-order chi connectivity index (χ1) is 8.11. The number of hydrogen-bond donors (Lipinski definition) is 0. The van der Waals surface area contributed by atoms with Crippen LogP contribution < -0.4 is 4.87 Å². The number of thiazole rings is 1.